The number of hydrogen-bond acceptors (Lipinski definition) is 6. The summed E-state index contributed by atoms with van der Waals surface area (Å²) in [5.74, 6) is -4.19. The molecule has 0 bridgehead atoms. The normalized spacial score (nSPS) is 11.2. The molecule has 3 aromatic rings. The van der Waals surface area contributed by atoms with Gasteiger partial charge in [0.2, 0.25) is 11.7 Å². The Morgan fingerprint density at radius 2 is 1.87 bits per heavy atom. The van der Waals surface area contributed by atoms with Crippen molar-refractivity contribution in [3.63, 3.8) is 0 Å². The highest BCUT2D eigenvalue weighted by Crippen LogP contribution is 2.30. The van der Waals surface area contributed by atoms with Crippen molar-refractivity contribution in [3.05, 3.63) is 76.3 Å². The minimum atomic E-state index is -1.15. The standard InChI is InChI=1S/C25H25ClF2N6O4/c1-13(9-30-12-20(29)35)10-32-24(36)15-5-4-14(8-17(15)26)33-25(37)23-31-11-18(34(23)2)16-6-7-19(38-3)22(28)21(16)27/h4-9,11,30H,10,12H2,1-3H3,(H2,29,35)(H,32,36)(H,33,37)/b13-9+. The van der Waals surface area contributed by atoms with Crippen molar-refractivity contribution in [1.29, 1.82) is 0 Å². The van der Waals surface area contributed by atoms with Crippen LogP contribution in [-0.4, -0.2) is 47.5 Å². The highest BCUT2D eigenvalue weighted by molar-refractivity contribution is 6.34. The first-order valence-corrected chi connectivity index (χ1v) is 11.5. The number of rotatable bonds is 10. The van der Waals surface area contributed by atoms with Gasteiger partial charge in [-0.25, -0.2) is 9.37 Å². The van der Waals surface area contributed by atoms with Crippen molar-refractivity contribution >= 4 is 35.0 Å². The minimum Gasteiger partial charge on any atom is -0.494 e. The first-order chi connectivity index (χ1) is 18.0. The monoisotopic (exact) mass is 546 g/mol. The van der Waals surface area contributed by atoms with Crippen LogP contribution in [0.1, 0.15) is 27.9 Å². The van der Waals surface area contributed by atoms with E-state index in [0.29, 0.717) is 0 Å². The Morgan fingerprint density at radius 3 is 2.53 bits per heavy atom. The maximum atomic E-state index is 14.5. The Morgan fingerprint density at radius 1 is 1.13 bits per heavy atom. The largest absolute Gasteiger partial charge is 0.494 e. The molecule has 0 fully saturated rings. The van der Waals surface area contributed by atoms with Gasteiger partial charge in [0.15, 0.2) is 17.4 Å². The third-order valence-electron chi connectivity index (χ3n) is 5.36. The lowest BCUT2D eigenvalue weighted by Crippen LogP contribution is -2.28. The molecule has 0 radical (unpaired) electrons. The molecule has 5 N–H and O–H groups in total. The fourth-order valence-corrected chi connectivity index (χ4v) is 3.68. The van der Waals surface area contributed by atoms with Crippen molar-refractivity contribution < 1.29 is 27.9 Å². The van der Waals surface area contributed by atoms with Crippen LogP contribution < -0.4 is 26.4 Å². The molecule has 3 amide bonds. The van der Waals surface area contributed by atoms with Crippen LogP contribution >= 0.6 is 11.6 Å². The Labute approximate surface area is 221 Å². The van der Waals surface area contributed by atoms with Crippen LogP contribution in [0.2, 0.25) is 5.02 Å². The summed E-state index contributed by atoms with van der Waals surface area (Å²) in [5.41, 5.74) is 6.33. The van der Waals surface area contributed by atoms with E-state index >= 15 is 0 Å². The SMILES string of the molecule is COc1ccc(-c2cnc(C(=O)Nc3ccc(C(=O)NC/C(C)=C/NCC(N)=O)c(Cl)c3)n2C)c(F)c1F. The van der Waals surface area contributed by atoms with Crippen LogP contribution in [-0.2, 0) is 11.8 Å². The van der Waals surface area contributed by atoms with Gasteiger partial charge in [0.05, 0.1) is 36.1 Å². The van der Waals surface area contributed by atoms with E-state index in [1.165, 1.54) is 55.3 Å². The molecule has 10 nitrogen and oxygen atoms in total. The predicted octanol–water partition coefficient (Wildman–Crippen LogP) is 2.99. The second-order valence-electron chi connectivity index (χ2n) is 8.14. The van der Waals surface area contributed by atoms with Crippen LogP contribution in [0.3, 0.4) is 0 Å². The second kappa shape index (κ2) is 12.2. The summed E-state index contributed by atoms with van der Waals surface area (Å²) in [6.45, 7) is 1.91. The highest BCUT2D eigenvalue weighted by Gasteiger charge is 2.21. The number of methoxy groups -OCH3 is 1. The summed E-state index contributed by atoms with van der Waals surface area (Å²) in [5, 5.41) is 8.12. The van der Waals surface area contributed by atoms with E-state index in [2.05, 4.69) is 20.9 Å². The number of primary amides is 1. The molecular formula is C25H25ClF2N6O4. The van der Waals surface area contributed by atoms with E-state index in [4.69, 9.17) is 22.1 Å². The number of nitrogens with one attached hydrogen (secondary N) is 3. The van der Waals surface area contributed by atoms with Gasteiger partial charge in [0.1, 0.15) is 0 Å². The number of nitrogens with two attached hydrogens (primary N) is 1. The lowest BCUT2D eigenvalue weighted by molar-refractivity contribution is -0.117. The Hall–Kier alpha value is -4.45. The van der Waals surface area contributed by atoms with E-state index in [1.807, 2.05) is 0 Å². The summed E-state index contributed by atoms with van der Waals surface area (Å²) in [7, 11) is 2.71. The summed E-state index contributed by atoms with van der Waals surface area (Å²) in [6.07, 6.45) is 2.81. The number of amides is 3. The van der Waals surface area contributed by atoms with Crippen molar-refractivity contribution in [3.8, 4) is 17.0 Å². The zero-order valence-electron chi connectivity index (χ0n) is 20.7. The van der Waals surface area contributed by atoms with Crippen LogP contribution in [0.4, 0.5) is 14.5 Å². The van der Waals surface area contributed by atoms with Crippen molar-refractivity contribution in [1.82, 2.24) is 20.2 Å². The van der Waals surface area contributed by atoms with Gasteiger partial charge in [0, 0.05) is 24.8 Å². The first-order valence-electron chi connectivity index (χ1n) is 11.1. The molecule has 0 spiro atoms. The van der Waals surface area contributed by atoms with E-state index in [-0.39, 0.29) is 52.2 Å². The Balaban J connectivity index is 1.69. The summed E-state index contributed by atoms with van der Waals surface area (Å²) in [4.78, 5) is 40.1. The van der Waals surface area contributed by atoms with Gasteiger partial charge in [0.25, 0.3) is 11.8 Å². The molecule has 0 atom stereocenters. The molecule has 3 rings (SSSR count). The predicted molar refractivity (Wildman–Crippen MR) is 138 cm³/mol. The number of imidazole rings is 1. The molecule has 0 saturated heterocycles. The molecule has 1 aromatic heterocycles. The van der Waals surface area contributed by atoms with Gasteiger partial charge in [-0.3, -0.25) is 14.4 Å². The Kier molecular flexibility index (Phi) is 9.02. The number of aromatic nitrogens is 2. The first kappa shape index (κ1) is 28.1. The molecule has 0 aliphatic heterocycles. The van der Waals surface area contributed by atoms with E-state index in [0.717, 1.165) is 5.57 Å². The third-order valence-corrected chi connectivity index (χ3v) is 5.67. The van der Waals surface area contributed by atoms with Crippen LogP contribution in [0.25, 0.3) is 11.3 Å². The van der Waals surface area contributed by atoms with E-state index < -0.39 is 29.4 Å². The second-order valence-corrected chi connectivity index (χ2v) is 8.55. The number of nitrogens with zero attached hydrogens (tertiary/aromatic N) is 2. The van der Waals surface area contributed by atoms with Crippen LogP contribution in [0.5, 0.6) is 5.75 Å². The lowest BCUT2D eigenvalue weighted by Gasteiger charge is -2.11. The van der Waals surface area contributed by atoms with Crippen molar-refractivity contribution in [2.75, 3.05) is 25.5 Å². The molecule has 13 heteroatoms. The molecule has 0 unspecified atom stereocenters. The average molecular weight is 547 g/mol. The summed E-state index contributed by atoms with van der Waals surface area (Å²) in [6, 6.07) is 6.93. The maximum Gasteiger partial charge on any atom is 0.291 e. The van der Waals surface area contributed by atoms with E-state index in [9.17, 15) is 23.2 Å². The number of hydrogen-bond donors (Lipinski definition) is 4. The molecule has 0 aliphatic rings. The van der Waals surface area contributed by atoms with Crippen LogP contribution in [0.15, 0.2) is 48.3 Å². The highest BCUT2D eigenvalue weighted by atomic mass is 35.5. The van der Waals surface area contributed by atoms with Gasteiger partial charge in [-0.1, -0.05) is 11.6 Å². The molecular weight excluding hydrogens is 522 g/mol. The number of ether oxygens (including phenoxy) is 1. The maximum absolute atomic E-state index is 14.5. The Bertz CT molecular complexity index is 1420. The zero-order valence-corrected chi connectivity index (χ0v) is 21.5. The van der Waals surface area contributed by atoms with Gasteiger partial charge < -0.3 is 31.0 Å². The van der Waals surface area contributed by atoms with Gasteiger partial charge in [-0.15, -0.1) is 0 Å². The lowest BCUT2D eigenvalue weighted by atomic mass is 10.1. The molecule has 0 aliphatic carbocycles. The topological polar surface area (TPSA) is 140 Å². The molecule has 200 valence electrons. The average Bonchev–Trinajstić information content (AvgIpc) is 3.25. The van der Waals surface area contributed by atoms with Crippen LogP contribution in [0, 0.1) is 11.6 Å². The quantitative estimate of drug-likeness (QED) is 0.308. The smallest absolute Gasteiger partial charge is 0.291 e. The number of anilines is 1. The molecule has 0 saturated carbocycles. The number of carbonyl (C=O) groups is 3. The van der Waals surface area contributed by atoms with Gasteiger partial charge in [-0.2, -0.15) is 4.39 Å². The fourth-order valence-electron chi connectivity index (χ4n) is 3.41. The fraction of sp³-hybridized carbons (Fsp3) is 0.200. The molecule has 1 heterocycles. The molecule has 2 aromatic carbocycles. The van der Waals surface area contributed by atoms with Gasteiger partial charge in [-0.05, 0) is 49.0 Å². The van der Waals surface area contributed by atoms with Crippen molar-refractivity contribution in [2.45, 2.75) is 6.92 Å². The van der Waals surface area contributed by atoms with Crippen molar-refractivity contribution in [2.24, 2.45) is 12.8 Å². The number of benzene rings is 2. The molecule has 38 heavy (non-hydrogen) atoms. The van der Waals surface area contributed by atoms with Gasteiger partial charge >= 0.3 is 0 Å². The zero-order chi connectivity index (χ0) is 28.0. The summed E-state index contributed by atoms with van der Waals surface area (Å²) >= 11 is 6.26. The minimum absolute atomic E-state index is 0.0270. The number of carbonyl (C=O) groups excluding carboxylic acids is 3. The number of halogens is 3. The third kappa shape index (κ3) is 6.45. The van der Waals surface area contributed by atoms with E-state index in [1.54, 1.807) is 13.1 Å². The summed E-state index contributed by atoms with van der Waals surface area (Å²) < 4.78 is 34.8.